The zero-order valence-corrected chi connectivity index (χ0v) is 16.2. The first-order valence-electron chi connectivity index (χ1n) is 8.87. The van der Waals surface area contributed by atoms with Gasteiger partial charge in [0.1, 0.15) is 0 Å². The number of hydrogen-bond donors (Lipinski definition) is 0. The molecule has 2 aromatic heterocycles. The fourth-order valence-corrected chi connectivity index (χ4v) is 3.95. The van der Waals surface area contributed by atoms with E-state index in [1.54, 1.807) is 11.5 Å². The van der Waals surface area contributed by atoms with Gasteiger partial charge in [-0.3, -0.25) is 4.79 Å². The van der Waals surface area contributed by atoms with Crippen molar-refractivity contribution in [3.05, 3.63) is 62.9 Å². The van der Waals surface area contributed by atoms with E-state index in [4.69, 9.17) is 9.47 Å². The van der Waals surface area contributed by atoms with Crippen LogP contribution in [0.4, 0.5) is 0 Å². The summed E-state index contributed by atoms with van der Waals surface area (Å²) < 4.78 is 13.8. The first kappa shape index (κ1) is 17.5. The molecule has 138 valence electrons. The summed E-state index contributed by atoms with van der Waals surface area (Å²) in [4.78, 5) is 18.2. The number of hydrogen-bond acceptors (Lipinski definition) is 5. The summed E-state index contributed by atoms with van der Waals surface area (Å²) in [6.45, 7) is 4.08. The highest BCUT2D eigenvalue weighted by Crippen LogP contribution is 2.33. The van der Waals surface area contributed by atoms with Crippen molar-refractivity contribution in [2.75, 3.05) is 7.11 Å². The highest BCUT2D eigenvalue weighted by molar-refractivity contribution is 7.15. The Hall–Kier alpha value is -2.86. The number of rotatable bonds is 5. The molecule has 0 bridgehead atoms. The molecular formula is C21H20N2O3S. The normalized spacial score (nSPS) is 13.4. The second kappa shape index (κ2) is 7.04. The molecule has 0 fully saturated rings. The Morgan fingerprint density at radius 3 is 2.81 bits per heavy atom. The minimum atomic E-state index is -0.0685. The van der Waals surface area contributed by atoms with Crippen LogP contribution in [-0.2, 0) is 0 Å². The molecule has 1 atom stereocenters. The summed E-state index contributed by atoms with van der Waals surface area (Å²) in [5, 5.41) is 0. The Morgan fingerprint density at radius 1 is 1.22 bits per heavy atom. The van der Waals surface area contributed by atoms with Crippen LogP contribution in [0.25, 0.3) is 22.1 Å². The van der Waals surface area contributed by atoms with Crippen LogP contribution in [0, 0.1) is 0 Å². The average Bonchev–Trinajstić information content (AvgIpc) is 3.19. The maximum Gasteiger partial charge on any atom is 0.274 e. The van der Waals surface area contributed by atoms with Gasteiger partial charge in [0, 0.05) is 5.56 Å². The molecule has 4 aromatic rings. The van der Waals surface area contributed by atoms with Gasteiger partial charge >= 0.3 is 0 Å². The highest BCUT2D eigenvalue weighted by Gasteiger charge is 2.14. The molecule has 0 saturated carbocycles. The van der Waals surface area contributed by atoms with Crippen molar-refractivity contribution in [3.8, 4) is 11.5 Å². The second-order valence-corrected chi connectivity index (χ2v) is 7.36. The van der Waals surface area contributed by atoms with Gasteiger partial charge in [0.15, 0.2) is 16.5 Å². The van der Waals surface area contributed by atoms with Crippen molar-refractivity contribution in [3.63, 3.8) is 0 Å². The van der Waals surface area contributed by atoms with E-state index in [9.17, 15) is 4.79 Å². The number of fused-ring (bicyclic) bond motifs is 3. The van der Waals surface area contributed by atoms with Gasteiger partial charge in [-0.15, -0.1) is 0 Å². The third-order valence-electron chi connectivity index (χ3n) is 4.55. The number of benzene rings is 2. The van der Waals surface area contributed by atoms with Crippen LogP contribution in [0.1, 0.15) is 25.8 Å². The van der Waals surface area contributed by atoms with E-state index >= 15 is 0 Å². The molecule has 27 heavy (non-hydrogen) atoms. The van der Waals surface area contributed by atoms with Gasteiger partial charge in [-0.05, 0) is 37.6 Å². The summed E-state index contributed by atoms with van der Waals surface area (Å²) in [6.07, 6.45) is 2.78. The number of nitrogens with zero attached hydrogens (tertiary/aromatic N) is 2. The van der Waals surface area contributed by atoms with Crippen molar-refractivity contribution >= 4 is 33.4 Å². The van der Waals surface area contributed by atoms with E-state index in [-0.39, 0.29) is 11.7 Å². The first-order chi connectivity index (χ1) is 13.1. The Bertz CT molecular complexity index is 1230. The summed E-state index contributed by atoms with van der Waals surface area (Å²) >= 11 is 1.38. The van der Waals surface area contributed by atoms with E-state index in [0.717, 1.165) is 23.0 Å². The fraction of sp³-hybridized carbons (Fsp3) is 0.238. The Labute approximate surface area is 160 Å². The molecule has 0 aliphatic rings. The number of para-hydroxylation sites is 3. The molecule has 0 spiro atoms. The average molecular weight is 380 g/mol. The van der Waals surface area contributed by atoms with Gasteiger partial charge in [-0.2, -0.15) is 0 Å². The van der Waals surface area contributed by atoms with Crippen molar-refractivity contribution in [1.29, 1.82) is 0 Å². The summed E-state index contributed by atoms with van der Waals surface area (Å²) in [5.74, 6) is 1.31. The molecule has 0 amide bonds. The van der Waals surface area contributed by atoms with E-state index in [1.807, 2.05) is 55.5 Å². The van der Waals surface area contributed by atoms with E-state index in [1.165, 1.54) is 11.3 Å². The minimum absolute atomic E-state index is 0.0461. The lowest BCUT2D eigenvalue weighted by molar-refractivity contribution is 0.207. The number of methoxy groups -OCH3 is 1. The molecule has 4 rings (SSSR count). The molecule has 0 aliphatic carbocycles. The van der Waals surface area contributed by atoms with Gasteiger partial charge in [0.2, 0.25) is 0 Å². The summed E-state index contributed by atoms with van der Waals surface area (Å²) in [7, 11) is 1.62. The third kappa shape index (κ3) is 3.06. The highest BCUT2D eigenvalue weighted by atomic mass is 32.1. The van der Waals surface area contributed by atoms with E-state index < -0.39 is 0 Å². The zero-order chi connectivity index (χ0) is 19.0. The number of imidazole rings is 1. The van der Waals surface area contributed by atoms with E-state index in [2.05, 4.69) is 11.9 Å². The zero-order valence-electron chi connectivity index (χ0n) is 15.4. The van der Waals surface area contributed by atoms with Crippen LogP contribution in [0.5, 0.6) is 11.5 Å². The molecule has 5 nitrogen and oxygen atoms in total. The largest absolute Gasteiger partial charge is 0.493 e. The van der Waals surface area contributed by atoms with Crippen LogP contribution in [0.15, 0.2) is 47.3 Å². The molecule has 2 heterocycles. The lowest BCUT2D eigenvalue weighted by atomic mass is 10.1. The Morgan fingerprint density at radius 2 is 2.04 bits per heavy atom. The quantitative estimate of drug-likeness (QED) is 0.530. The van der Waals surface area contributed by atoms with Crippen molar-refractivity contribution < 1.29 is 9.47 Å². The van der Waals surface area contributed by atoms with Crippen LogP contribution in [0.2, 0.25) is 0 Å². The van der Waals surface area contributed by atoms with Crippen LogP contribution < -0.4 is 19.6 Å². The van der Waals surface area contributed by atoms with Gasteiger partial charge in [-0.25, -0.2) is 9.38 Å². The monoisotopic (exact) mass is 380 g/mol. The molecule has 6 heteroatoms. The minimum Gasteiger partial charge on any atom is -0.493 e. The maximum atomic E-state index is 13.0. The topological polar surface area (TPSA) is 52.8 Å². The van der Waals surface area contributed by atoms with Crippen LogP contribution >= 0.6 is 11.3 Å². The fourth-order valence-electron chi connectivity index (χ4n) is 2.97. The second-order valence-electron chi connectivity index (χ2n) is 6.35. The van der Waals surface area contributed by atoms with Gasteiger partial charge in [0.25, 0.3) is 5.56 Å². The lowest BCUT2D eigenvalue weighted by Gasteiger charge is -2.17. The number of ether oxygens (including phenoxy) is 2. The maximum absolute atomic E-state index is 13.0. The SMILES string of the molecule is CC[C@H](C)Oc1c(/C=c2\sc3nc4ccccc4n3c2=O)cccc1OC. The van der Waals surface area contributed by atoms with Gasteiger partial charge < -0.3 is 9.47 Å². The van der Waals surface area contributed by atoms with Crippen molar-refractivity contribution in [1.82, 2.24) is 9.38 Å². The molecule has 0 saturated heterocycles. The molecule has 0 unspecified atom stereocenters. The Kier molecular flexibility index (Phi) is 4.58. The van der Waals surface area contributed by atoms with Crippen molar-refractivity contribution in [2.45, 2.75) is 26.4 Å². The molecule has 0 aliphatic heterocycles. The molecule has 0 radical (unpaired) electrons. The van der Waals surface area contributed by atoms with Crippen LogP contribution in [-0.4, -0.2) is 22.6 Å². The first-order valence-corrected chi connectivity index (χ1v) is 9.69. The van der Waals surface area contributed by atoms with Crippen molar-refractivity contribution in [2.24, 2.45) is 0 Å². The smallest absolute Gasteiger partial charge is 0.274 e. The molecular weight excluding hydrogens is 360 g/mol. The number of thiazole rings is 1. The predicted octanol–water partition coefficient (Wildman–Crippen LogP) is 3.64. The molecule has 0 N–H and O–H groups in total. The summed E-state index contributed by atoms with van der Waals surface area (Å²) in [5.41, 5.74) is 2.41. The third-order valence-corrected chi connectivity index (χ3v) is 5.52. The van der Waals surface area contributed by atoms with E-state index in [0.29, 0.717) is 21.0 Å². The van der Waals surface area contributed by atoms with Gasteiger partial charge in [-0.1, -0.05) is 42.5 Å². The Balaban J connectivity index is 1.91. The molecule has 2 aromatic carbocycles. The predicted molar refractivity (Wildman–Crippen MR) is 109 cm³/mol. The van der Waals surface area contributed by atoms with Crippen LogP contribution in [0.3, 0.4) is 0 Å². The number of aromatic nitrogens is 2. The summed E-state index contributed by atoms with van der Waals surface area (Å²) in [6, 6.07) is 13.4. The lowest BCUT2D eigenvalue weighted by Crippen LogP contribution is -2.23. The standard InChI is InChI=1S/C21H20N2O3S/c1-4-13(2)26-19-14(8-7-11-17(19)25-3)12-18-20(24)23-16-10-6-5-9-15(16)22-21(23)27-18/h5-13H,4H2,1-3H3/b18-12-/t13-/m0/s1. The van der Waals surface area contributed by atoms with Gasteiger partial charge in [0.05, 0.1) is 28.8 Å².